The lowest BCUT2D eigenvalue weighted by Crippen LogP contribution is -2.35. The van der Waals surface area contributed by atoms with Crippen LogP contribution in [-0.2, 0) is 10.0 Å². The number of hydrogen-bond acceptors (Lipinski definition) is 6. The third-order valence-corrected chi connectivity index (χ3v) is 6.31. The normalized spacial score (nSPS) is 14.7. The first kappa shape index (κ1) is 19.3. The minimum Gasteiger partial charge on any atom is -0.495 e. The maximum Gasteiger partial charge on any atom is 0.276 e. The Hall–Kier alpha value is -3.07. The number of nitrogens with zero attached hydrogens (tertiary/aromatic N) is 2. The van der Waals surface area contributed by atoms with Gasteiger partial charge in [0.2, 0.25) is 0 Å². The predicted octanol–water partition coefficient (Wildman–Crippen LogP) is 3.26. The molecule has 2 heterocycles. The molecule has 1 amide bonds. The summed E-state index contributed by atoms with van der Waals surface area (Å²) in [6.07, 6.45) is 2.99. The van der Waals surface area contributed by atoms with E-state index in [1.54, 1.807) is 29.2 Å². The van der Waals surface area contributed by atoms with Gasteiger partial charge in [-0.3, -0.25) is 9.52 Å². The summed E-state index contributed by atoms with van der Waals surface area (Å²) in [4.78, 5) is 14.6. The van der Waals surface area contributed by atoms with E-state index in [2.05, 4.69) is 9.88 Å². The molecule has 4 rings (SSSR count). The summed E-state index contributed by atoms with van der Waals surface area (Å²) in [7, 11) is -2.44. The number of fused-ring (bicyclic) bond motifs is 1. The van der Waals surface area contributed by atoms with Gasteiger partial charge in [-0.25, -0.2) is 8.42 Å². The predicted molar refractivity (Wildman–Crippen MR) is 108 cm³/mol. The van der Waals surface area contributed by atoms with E-state index in [0.29, 0.717) is 35.5 Å². The fourth-order valence-corrected chi connectivity index (χ4v) is 4.51. The largest absolute Gasteiger partial charge is 0.495 e. The first-order valence-electron chi connectivity index (χ1n) is 9.34. The highest BCUT2D eigenvalue weighted by Crippen LogP contribution is 2.28. The highest BCUT2D eigenvalue weighted by molar-refractivity contribution is 7.92. The fraction of sp³-hybridized carbons (Fsp3) is 0.300. The van der Waals surface area contributed by atoms with E-state index in [0.717, 1.165) is 19.3 Å². The second kappa shape index (κ2) is 7.75. The van der Waals surface area contributed by atoms with Crippen LogP contribution in [-0.4, -0.2) is 44.6 Å². The van der Waals surface area contributed by atoms with Gasteiger partial charge in [0, 0.05) is 13.1 Å². The summed E-state index contributed by atoms with van der Waals surface area (Å²) in [5.74, 6) is 0.166. The van der Waals surface area contributed by atoms with Crippen LogP contribution in [0.25, 0.3) is 11.0 Å². The zero-order valence-corrected chi connectivity index (χ0v) is 16.7. The average molecular weight is 415 g/mol. The van der Waals surface area contributed by atoms with Crippen LogP contribution in [0.3, 0.4) is 0 Å². The van der Waals surface area contributed by atoms with Crippen LogP contribution in [0.2, 0.25) is 0 Å². The summed E-state index contributed by atoms with van der Waals surface area (Å²) in [6.45, 7) is 1.33. The number of amides is 1. The number of para-hydroxylation sites is 2. The zero-order valence-electron chi connectivity index (χ0n) is 15.9. The average Bonchev–Trinajstić information content (AvgIpc) is 3.17. The fourth-order valence-electron chi connectivity index (χ4n) is 3.42. The Labute approximate surface area is 168 Å². The van der Waals surface area contributed by atoms with Crippen molar-refractivity contribution in [2.24, 2.45) is 0 Å². The van der Waals surface area contributed by atoms with Crippen LogP contribution in [0.4, 0.5) is 5.69 Å². The van der Waals surface area contributed by atoms with Crippen molar-refractivity contribution in [1.82, 2.24) is 10.1 Å². The molecule has 0 saturated carbocycles. The van der Waals surface area contributed by atoms with E-state index in [4.69, 9.17) is 9.26 Å². The van der Waals surface area contributed by atoms with Crippen LogP contribution in [0.15, 0.2) is 51.9 Å². The molecular weight excluding hydrogens is 394 g/mol. The molecule has 8 nitrogen and oxygen atoms in total. The molecular formula is C20H21N3O5S. The van der Waals surface area contributed by atoms with Crippen molar-refractivity contribution in [1.29, 1.82) is 0 Å². The third-order valence-electron chi connectivity index (χ3n) is 4.95. The van der Waals surface area contributed by atoms with E-state index in [1.165, 1.54) is 25.3 Å². The molecule has 152 valence electrons. The van der Waals surface area contributed by atoms with Crippen LogP contribution in [0, 0.1) is 0 Å². The molecule has 3 aromatic rings. The van der Waals surface area contributed by atoms with E-state index < -0.39 is 10.0 Å². The minimum absolute atomic E-state index is 0.00630. The highest BCUT2D eigenvalue weighted by Gasteiger charge is 2.25. The summed E-state index contributed by atoms with van der Waals surface area (Å²) >= 11 is 0. The molecule has 0 atom stereocenters. The highest BCUT2D eigenvalue weighted by atomic mass is 32.2. The number of aromatic nitrogens is 1. The molecule has 0 bridgehead atoms. The van der Waals surface area contributed by atoms with Gasteiger partial charge in [-0.15, -0.1) is 0 Å². The lowest BCUT2D eigenvalue weighted by Gasteiger charge is -2.25. The van der Waals surface area contributed by atoms with E-state index >= 15 is 0 Å². The van der Waals surface area contributed by atoms with Crippen molar-refractivity contribution in [3.8, 4) is 5.75 Å². The lowest BCUT2D eigenvalue weighted by atomic mass is 10.1. The Morgan fingerprint density at radius 2 is 1.90 bits per heavy atom. The Morgan fingerprint density at radius 1 is 1.14 bits per heavy atom. The summed E-state index contributed by atoms with van der Waals surface area (Å²) < 4.78 is 38.8. The quantitative estimate of drug-likeness (QED) is 0.686. The van der Waals surface area contributed by atoms with E-state index in [-0.39, 0.29) is 16.5 Å². The number of ether oxygens (including phenoxy) is 1. The number of carbonyl (C=O) groups excluding carboxylic acids is 1. The van der Waals surface area contributed by atoms with Crippen LogP contribution < -0.4 is 9.46 Å². The molecule has 0 unspecified atom stereocenters. The topological polar surface area (TPSA) is 102 Å². The molecule has 1 aliphatic rings. The van der Waals surface area contributed by atoms with Crippen LogP contribution in [0.1, 0.15) is 29.8 Å². The van der Waals surface area contributed by atoms with E-state index in [9.17, 15) is 13.2 Å². The Bertz CT molecular complexity index is 1150. The van der Waals surface area contributed by atoms with Gasteiger partial charge in [0.05, 0.1) is 23.1 Å². The number of likely N-dealkylation sites (tertiary alicyclic amines) is 1. The number of piperidine rings is 1. The van der Waals surface area contributed by atoms with Crippen molar-refractivity contribution >= 4 is 32.6 Å². The first-order valence-corrected chi connectivity index (χ1v) is 10.8. The number of methoxy groups -OCH3 is 1. The number of benzene rings is 2. The maximum atomic E-state index is 12.9. The number of rotatable bonds is 5. The van der Waals surface area contributed by atoms with Crippen molar-refractivity contribution < 1.29 is 22.5 Å². The van der Waals surface area contributed by atoms with Crippen LogP contribution >= 0.6 is 0 Å². The SMILES string of the molecule is COc1ccccc1NS(=O)(=O)c1ccc2onc(C(=O)N3CCCCC3)c2c1. The monoisotopic (exact) mass is 415 g/mol. The molecule has 1 saturated heterocycles. The summed E-state index contributed by atoms with van der Waals surface area (Å²) in [5.41, 5.74) is 0.822. The Morgan fingerprint density at radius 3 is 2.66 bits per heavy atom. The first-order chi connectivity index (χ1) is 14.0. The number of hydrogen-bond donors (Lipinski definition) is 1. The van der Waals surface area contributed by atoms with Gasteiger partial charge in [-0.1, -0.05) is 17.3 Å². The van der Waals surface area contributed by atoms with Gasteiger partial charge < -0.3 is 14.2 Å². The zero-order chi connectivity index (χ0) is 20.4. The van der Waals surface area contributed by atoms with Gasteiger partial charge in [-0.2, -0.15) is 0 Å². The number of nitrogens with one attached hydrogen (secondary N) is 1. The molecule has 0 spiro atoms. The molecule has 29 heavy (non-hydrogen) atoms. The number of carbonyl (C=O) groups is 1. The molecule has 1 aromatic heterocycles. The lowest BCUT2D eigenvalue weighted by molar-refractivity contribution is 0.0716. The Balaban J connectivity index is 1.68. The molecule has 1 aliphatic heterocycles. The molecule has 1 N–H and O–H groups in total. The molecule has 0 aliphatic carbocycles. The molecule has 2 aromatic carbocycles. The van der Waals surface area contributed by atoms with Crippen molar-refractivity contribution in [3.05, 3.63) is 48.2 Å². The smallest absolute Gasteiger partial charge is 0.276 e. The number of anilines is 1. The van der Waals surface area contributed by atoms with Gasteiger partial charge in [0.1, 0.15) is 5.75 Å². The van der Waals surface area contributed by atoms with Crippen molar-refractivity contribution in [2.75, 3.05) is 24.9 Å². The van der Waals surface area contributed by atoms with Gasteiger partial charge >= 0.3 is 0 Å². The molecule has 0 radical (unpaired) electrons. The second-order valence-corrected chi connectivity index (χ2v) is 8.53. The molecule has 1 fully saturated rings. The van der Waals surface area contributed by atoms with Crippen molar-refractivity contribution in [2.45, 2.75) is 24.2 Å². The summed E-state index contributed by atoms with van der Waals surface area (Å²) in [5, 5.41) is 4.28. The van der Waals surface area contributed by atoms with Crippen LogP contribution in [0.5, 0.6) is 5.75 Å². The van der Waals surface area contributed by atoms with E-state index in [1.807, 2.05) is 0 Å². The second-order valence-electron chi connectivity index (χ2n) is 6.85. The van der Waals surface area contributed by atoms with Gasteiger partial charge in [0.15, 0.2) is 11.3 Å². The summed E-state index contributed by atoms with van der Waals surface area (Å²) in [6, 6.07) is 11.1. The van der Waals surface area contributed by atoms with Gasteiger partial charge in [0.25, 0.3) is 15.9 Å². The van der Waals surface area contributed by atoms with Gasteiger partial charge in [-0.05, 0) is 49.6 Å². The molecule has 9 heteroatoms. The maximum absolute atomic E-state index is 12.9. The minimum atomic E-state index is -3.91. The number of sulfonamides is 1. The van der Waals surface area contributed by atoms with Crippen molar-refractivity contribution in [3.63, 3.8) is 0 Å². The third kappa shape index (κ3) is 3.77. The standard InChI is InChI=1S/C20H21N3O5S/c1-27-18-8-4-3-7-16(18)22-29(25,26)14-9-10-17-15(13-14)19(21-28-17)20(24)23-11-5-2-6-12-23/h3-4,7-10,13,22H,2,5-6,11-12H2,1H3. The Kier molecular flexibility index (Phi) is 5.14.